The molecule has 0 radical (unpaired) electrons. The van der Waals surface area contributed by atoms with E-state index in [1.54, 1.807) is 19.1 Å². The maximum Gasteiger partial charge on any atom is 0.130 e. The Hall–Kier alpha value is -1.11. The molecule has 0 spiro atoms. The summed E-state index contributed by atoms with van der Waals surface area (Å²) in [5, 5.41) is 0. The molecule has 80 valence electrons. The summed E-state index contributed by atoms with van der Waals surface area (Å²) in [7, 11) is 0. The molecule has 1 nitrogen and oxygen atoms in total. The first-order valence-corrected chi connectivity index (χ1v) is 5.06. The van der Waals surface area contributed by atoms with E-state index in [1.165, 1.54) is 0 Å². The first kappa shape index (κ1) is 15.4. The van der Waals surface area contributed by atoms with Gasteiger partial charge in [-0.15, -0.1) is 0 Å². The van der Waals surface area contributed by atoms with E-state index >= 15 is 0 Å². The largest absolute Gasteiger partial charge is 0.300 e. The second kappa shape index (κ2) is 9.97. The zero-order chi connectivity index (χ0) is 11.6. The van der Waals surface area contributed by atoms with Crippen LogP contribution in [-0.2, 0) is 4.79 Å². The number of hydrogen-bond donors (Lipinski definition) is 0. The fourth-order valence-electron chi connectivity index (χ4n) is 0.902. The lowest BCUT2D eigenvalue weighted by Crippen LogP contribution is -1.91. The number of ketones is 1. The van der Waals surface area contributed by atoms with E-state index in [9.17, 15) is 4.79 Å². The summed E-state index contributed by atoms with van der Waals surface area (Å²) in [6.07, 6.45) is 4.94. The summed E-state index contributed by atoms with van der Waals surface area (Å²) in [5.74, 6) is 0.214. The number of hydrogen-bond acceptors (Lipinski definition) is 1. The van der Waals surface area contributed by atoms with Gasteiger partial charge in [0.05, 0.1) is 0 Å². The number of carbonyl (C=O) groups excluding carboxylic acids is 1. The molecular weight excluding hydrogens is 172 g/mol. The quantitative estimate of drug-likeness (QED) is 0.603. The third-order valence-corrected chi connectivity index (χ3v) is 1.81. The average Bonchev–Trinajstić information content (AvgIpc) is 2.21. The molecule has 0 aromatic heterocycles. The van der Waals surface area contributed by atoms with E-state index in [0.29, 0.717) is 6.42 Å². The van der Waals surface area contributed by atoms with Gasteiger partial charge in [0.25, 0.3) is 0 Å². The van der Waals surface area contributed by atoms with E-state index < -0.39 is 0 Å². The highest BCUT2D eigenvalue weighted by atomic mass is 16.1. The molecule has 0 aliphatic heterocycles. The maximum atomic E-state index is 10.7. The second-order valence-corrected chi connectivity index (χ2v) is 2.82. The third kappa shape index (κ3) is 7.53. The monoisotopic (exact) mass is 194 g/mol. The molecule has 1 heteroatoms. The number of allylic oxidation sites excluding steroid dienone is 4. The Kier molecular flexibility index (Phi) is 10.9. The van der Waals surface area contributed by atoms with Gasteiger partial charge >= 0.3 is 0 Å². The van der Waals surface area contributed by atoms with E-state index in [-0.39, 0.29) is 5.78 Å². The summed E-state index contributed by atoms with van der Waals surface area (Å²) >= 11 is 0. The predicted octanol–water partition coefficient (Wildman–Crippen LogP) is 4.07. The lowest BCUT2D eigenvalue weighted by atomic mass is 10.0. The molecule has 0 atom stereocenters. The first-order valence-electron chi connectivity index (χ1n) is 5.06. The van der Waals surface area contributed by atoms with Crippen LogP contribution in [0.5, 0.6) is 0 Å². The Morgan fingerprint density at radius 2 is 1.57 bits per heavy atom. The second-order valence-electron chi connectivity index (χ2n) is 2.82. The minimum absolute atomic E-state index is 0.214. The number of rotatable bonds is 5. The Morgan fingerprint density at radius 3 is 1.86 bits per heavy atom. The molecule has 0 rings (SSSR count). The minimum atomic E-state index is 0.214. The van der Waals surface area contributed by atoms with Gasteiger partial charge in [0.1, 0.15) is 5.78 Å². The van der Waals surface area contributed by atoms with E-state index in [4.69, 9.17) is 0 Å². The van der Waals surface area contributed by atoms with Crippen LogP contribution in [0.2, 0.25) is 0 Å². The summed E-state index contributed by atoms with van der Waals surface area (Å²) in [6, 6.07) is 0. The lowest BCUT2D eigenvalue weighted by molar-refractivity contribution is -0.116. The van der Waals surface area contributed by atoms with Crippen LogP contribution in [0.1, 0.15) is 40.5 Å². The standard InChI is InChI=1S/C11H16O.C2H6/c1-5-9(3)11(6-2)8-7-10(4)12;1-2/h5-6H,1-2,7-8H2,3-4H3;1-2H3/b11-9+;. The van der Waals surface area contributed by atoms with Crippen LogP contribution < -0.4 is 0 Å². The smallest absolute Gasteiger partial charge is 0.130 e. The molecule has 0 unspecified atom stereocenters. The summed E-state index contributed by atoms with van der Waals surface area (Å²) in [4.78, 5) is 10.7. The fourth-order valence-corrected chi connectivity index (χ4v) is 0.902. The van der Waals surface area contributed by atoms with Gasteiger partial charge in [0.2, 0.25) is 0 Å². The predicted molar refractivity (Wildman–Crippen MR) is 64.4 cm³/mol. The van der Waals surface area contributed by atoms with Crippen molar-refractivity contribution in [1.29, 1.82) is 0 Å². The third-order valence-electron chi connectivity index (χ3n) is 1.81. The zero-order valence-electron chi connectivity index (χ0n) is 9.89. The topological polar surface area (TPSA) is 17.1 Å². The molecule has 0 aromatic rings. The summed E-state index contributed by atoms with van der Waals surface area (Å²) in [6.45, 7) is 14.9. The molecule has 0 N–H and O–H groups in total. The lowest BCUT2D eigenvalue weighted by Gasteiger charge is -2.02. The molecule has 0 heterocycles. The highest BCUT2D eigenvalue weighted by molar-refractivity contribution is 5.75. The maximum absolute atomic E-state index is 10.7. The molecule has 0 fully saturated rings. The Morgan fingerprint density at radius 1 is 1.07 bits per heavy atom. The van der Waals surface area contributed by atoms with Gasteiger partial charge in [-0.1, -0.05) is 39.2 Å². The molecule has 0 saturated carbocycles. The molecule has 0 aliphatic rings. The van der Waals surface area contributed by atoms with Crippen molar-refractivity contribution in [3.05, 3.63) is 36.5 Å². The van der Waals surface area contributed by atoms with Crippen molar-refractivity contribution in [2.75, 3.05) is 0 Å². The van der Waals surface area contributed by atoms with E-state index in [2.05, 4.69) is 13.2 Å². The first-order chi connectivity index (χ1) is 6.61. The molecule has 0 saturated heterocycles. The average molecular weight is 194 g/mol. The van der Waals surface area contributed by atoms with Crippen LogP contribution in [0, 0.1) is 0 Å². The molecule has 0 bridgehead atoms. The SMILES string of the molecule is C=C/C(C)=C(\C=C)CCC(C)=O.CC. The van der Waals surface area contributed by atoms with Crippen LogP contribution in [0.4, 0.5) is 0 Å². The Labute approximate surface area is 88.2 Å². The Bertz CT molecular complexity index is 221. The van der Waals surface area contributed by atoms with Crippen LogP contribution in [0.25, 0.3) is 0 Å². The van der Waals surface area contributed by atoms with Crippen molar-refractivity contribution >= 4 is 5.78 Å². The van der Waals surface area contributed by atoms with Crippen LogP contribution in [0.3, 0.4) is 0 Å². The normalized spacial score (nSPS) is 10.6. The van der Waals surface area contributed by atoms with Gasteiger partial charge < -0.3 is 4.79 Å². The van der Waals surface area contributed by atoms with Crippen molar-refractivity contribution in [3.8, 4) is 0 Å². The van der Waals surface area contributed by atoms with Crippen LogP contribution in [-0.4, -0.2) is 5.78 Å². The highest BCUT2D eigenvalue weighted by Gasteiger charge is 1.98. The molecule has 14 heavy (non-hydrogen) atoms. The van der Waals surface area contributed by atoms with Gasteiger partial charge in [-0.25, -0.2) is 0 Å². The van der Waals surface area contributed by atoms with Crippen LogP contribution in [0.15, 0.2) is 36.5 Å². The van der Waals surface area contributed by atoms with Crippen molar-refractivity contribution in [2.45, 2.75) is 40.5 Å². The summed E-state index contributed by atoms with van der Waals surface area (Å²) < 4.78 is 0. The number of Topliss-reactive ketones (excluding diaryl/α,β-unsaturated/α-hetero) is 1. The van der Waals surface area contributed by atoms with E-state index in [1.807, 2.05) is 20.8 Å². The van der Waals surface area contributed by atoms with Crippen molar-refractivity contribution in [3.63, 3.8) is 0 Å². The van der Waals surface area contributed by atoms with Crippen LogP contribution >= 0.6 is 0 Å². The zero-order valence-corrected chi connectivity index (χ0v) is 9.89. The molecule has 0 aromatic carbocycles. The van der Waals surface area contributed by atoms with Gasteiger partial charge in [-0.2, -0.15) is 0 Å². The van der Waals surface area contributed by atoms with Crippen molar-refractivity contribution in [2.24, 2.45) is 0 Å². The molecule has 0 aliphatic carbocycles. The number of carbonyl (C=O) groups is 1. The minimum Gasteiger partial charge on any atom is -0.300 e. The molecular formula is C13H22O. The fraction of sp³-hybridized carbons (Fsp3) is 0.462. The van der Waals surface area contributed by atoms with Gasteiger partial charge in [-0.3, -0.25) is 0 Å². The van der Waals surface area contributed by atoms with Crippen molar-refractivity contribution in [1.82, 2.24) is 0 Å². The van der Waals surface area contributed by atoms with E-state index in [0.717, 1.165) is 17.6 Å². The molecule has 0 amide bonds. The van der Waals surface area contributed by atoms with Gasteiger partial charge in [0.15, 0.2) is 0 Å². The summed E-state index contributed by atoms with van der Waals surface area (Å²) in [5.41, 5.74) is 2.21. The van der Waals surface area contributed by atoms with Crippen molar-refractivity contribution < 1.29 is 4.79 Å². The highest BCUT2D eigenvalue weighted by Crippen LogP contribution is 2.12. The van der Waals surface area contributed by atoms with Gasteiger partial charge in [0, 0.05) is 6.42 Å². The van der Waals surface area contributed by atoms with Gasteiger partial charge in [-0.05, 0) is 31.4 Å². The Balaban J connectivity index is 0.